The van der Waals surface area contributed by atoms with E-state index in [0.717, 1.165) is 0 Å². The molecule has 0 aliphatic heterocycles. The quantitative estimate of drug-likeness (QED) is 0.641. The Labute approximate surface area is 158 Å². The number of benzene rings is 2. The van der Waals surface area contributed by atoms with Gasteiger partial charge in [-0.3, -0.25) is 14.3 Å². The van der Waals surface area contributed by atoms with Gasteiger partial charge in [-0.05, 0) is 50.6 Å². The van der Waals surface area contributed by atoms with E-state index < -0.39 is 27.4 Å². The SMILES string of the molecule is CC(C)(CCC(=O)O)NC(=O)c1cccc(NS(=O)(=O)c2ccccc2)c1. The van der Waals surface area contributed by atoms with Gasteiger partial charge in [-0.15, -0.1) is 0 Å². The standard InChI is InChI=1S/C19H22N2O5S/c1-19(2,12-11-17(22)23)20-18(24)14-7-6-8-15(13-14)21-27(25,26)16-9-4-3-5-10-16/h3-10,13,21H,11-12H2,1-2H3,(H,20,24)(H,22,23). The number of carbonyl (C=O) groups excluding carboxylic acids is 1. The maximum Gasteiger partial charge on any atom is 0.303 e. The first-order chi connectivity index (χ1) is 12.6. The molecule has 3 N–H and O–H groups in total. The Hall–Kier alpha value is -2.87. The Kier molecular flexibility index (Phi) is 6.22. The van der Waals surface area contributed by atoms with Crippen LogP contribution in [0.15, 0.2) is 59.5 Å². The van der Waals surface area contributed by atoms with Crippen molar-refractivity contribution >= 4 is 27.6 Å². The largest absolute Gasteiger partial charge is 0.481 e. The van der Waals surface area contributed by atoms with Crippen LogP contribution in [0.3, 0.4) is 0 Å². The summed E-state index contributed by atoms with van der Waals surface area (Å²) in [4.78, 5) is 23.3. The van der Waals surface area contributed by atoms with Gasteiger partial charge in [0.2, 0.25) is 0 Å². The molecule has 144 valence electrons. The smallest absolute Gasteiger partial charge is 0.303 e. The molecule has 0 fully saturated rings. The summed E-state index contributed by atoms with van der Waals surface area (Å²) in [7, 11) is -3.76. The zero-order valence-electron chi connectivity index (χ0n) is 15.1. The van der Waals surface area contributed by atoms with Gasteiger partial charge in [0.05, 0.1) is 4.90 Å². The number of amides is 1. The van der Waals surface area contributed by atoms with Crippen LogP contribution in [0.1, 0.15) is 37.0 Å². The molecule has 0 atom stereocenters. The maximum absolute atomic E-state index is 12.5. The van der Waals surface area contributed by atoms with E-state index in [0.29, 0.717) is 0 Å². The van der Waals surface area contributed by atoms with E-state index >= 15 is 0 Å². The molecule has 2 rings (SSSR count). The lowest BCUT2D eigenvalue weighted by Gasteiger charge is -2.25. The van der Waals surface area contributed by atoms with Gasteiger partial charge in [0.25, 0.3) is 15.9 Å². The predicted molar refractivity (Wildman–Crippen MR) is 102 cm³/mol. The molecule has 0 saturated carbocycles. The second-order valence-corrected chi connectivity index (χ2v) is 8.41. The van der Waals surface area contributed by atoms with Crippen molar-refractivity contribution < 1.29 is 23.1 Å². The number of rotatable bonds is 8. The number of anilines is 1. The zero-order chi connectivity index (χ0) is 20.1. The Bertz CT molecular complexity index is 924. The highest BCUT2D eigenvalue weighted by atomic mass is 32.2. The number of hydrogen-bond acceptors (Lipinski definition) is 4. The average molecular weight is 390 g/mol. The summed E-state index contributed by atoms with van der Waals surface area (Å²) in [6.07, 6.45) is 0.207. The first kappa shape index (κ1) is 20.4. The fourth-order valence-electron chi connectivity index (χ4n) is 2.40. The number of aliphatic carboxylic acids is 1. The van der Waals surface area contributed by atoms with E-state index in [2.05, 4.69) is 10.0 Å². The Morgan fingerprint density at radius 1 is 1.04 bits per heavy atom. The Morgan fingerprint density at radius 2 is 1.70 bits per heavy atom. The summed E-state index contributed by atoms with van der Waals surface area (Å²) in [6.45, 7) is 3.46. The number of carboxylic acid groups (broad SMARTS) is 1. The van der Waals surface area contributed by atoms with Crippen LogP contribution in [0.5, 0.6) is 0 Å². The molecular weight excluding hydrogens is 368 g/mol. The maximum atomic E-state index is 12.5. The van der Waals surface area contributed by atoms with Crippen molar-refractivity contribution in [2.45, 2.75) is 37.1 Å². The van der Waals surface area contributed by atoms with Crippen LogP contribution >= 0.6 is 0 Å². The minimum atomic E-state index is -3.76. The molecular formula is C19H22N2O5S. The third kappa shape index (κ3) is 6.10. The van der Waals surface area contributed by atoms with Gasteiger partial charge >= 0.3 is 5.97 Å². The van der Waals surface area contributed by atoms with E-state index in [4.69, 9.17) is 5.11 Å². The van der Waals surface area contributed by atoms with E-state index in [-0.39, 0.29) is 29.0 Å². The molecule has 0 aliphatic rings. The lowest BCUT2D eigenvalue weighted by atomic mass is 9.97. The Morgan fingerprint density at radius 3 is 2.33 bits per heavy atom. The molecule has 0 aromatic heterocycles. The third-order valence-electron chi connectivity index (χ3n) is 3.85. The van der Waals surface area contributed by atoms with Crippen LogP contribution in [-0.4, -0.2) is 30.9 Å². The van der Waals surface area contributed by atoms with Gasteiger partial charge in [-0.25, -0.2) is 8.42 Å². The van der Waals surface area contributed by atoms with Crippen molar-refractivity contribution in [1.82, 2.24) is 5.32 Å². The zero-order valence-corrected chi connectivity index (χ0v) is 15.9. The van der Waals surface area contributed by atoms with Crippen molar-refractivity contribution in [1.29, 1.82) is 0 Å². The van der Waals surface area contributed by atoms with Gasteiger partial charge in [0.15, 0.2) is 0 Å². The summed E-state index contributed by atoms with van der Waals surface area (Å²) < 4.78 is 27.2. The highest BCUT2D eigenvalue weighted by Gasteiger charge is 2.22. The van der Waals surface area contributed by atoms with Crippen LogP contribution in [0.25, 0.3) is 0 Å². The van der Waals surface area contributed by atoms with E-state index in [1.165, 1.54) is 18.2 Å². The highest BCUT2D eigenvalue weighted by Crippen LogP contribution is 2.18. The number of hydrogen-bond donors (Lipinski definition) is 3. The van der Waals surface area contributed by atoms with E-state index in [1.54, 1.807) is 50.2 Å². The van der Waals surface area contributed by atoms with E-state index in [1.807, 2.05) is 0 Å². The third-order valence-corrected chi connectivity index (χ3v) is 5.24. The lowest BCUT2D eigenvalue weighted by molar-refractivity contribution is -0.137. The number of nitrogens with one attached hydrogen (secondary N) is 2. The minimum Gasteiger partial charge on any atom is -0.481 e. The fraction of sp³-hybridized carbons (Fsp3) is 0.263. The molecule has 0 aliphatic carbocycles. The molecule has 1 amide bonds. The summed E-state index contributed by atoms with van der Waals surface area (Å²) in [6, 6.07) is 14.0. The van der Waals surface area contributed by atoms with Crippen LogP contribution in [0.4, 0.5) is 5.69 Å². The predicted octanol–water partition coefficient (Wildman–Crippen LogP) is 2.86. The fourth-order valence-corrected chi connectivity index (χ4v) is 3.47. The van der Waals surface area contributed by atoms with Crippen molar-refractivity contribution in [3.63, 3.8) is 0 Å². The summed E-state index contributed by atoms with van der Waals surface area (Å²) >= 11 is 0. The van der Waals surface area contributed by atoms with Crippen molar-refractivity contribution in [2.24, 2.45) is 0 Å². The molecule has 0 saturated heterocycles. The van der Waals surface area contributed by atoms with Gasteiger partial charge < -0.3 is 10.4 Å². The lowest BCUT2D eigenvalue weighted by Crippen LogP contribution is -2.43. The van der Waals surface area contributed by atoms with Crippen molar-refractivity contribution in [2.75, 3.05) is 4.72 Å². The molecule has 0 radical (unpaired) electrons. The van der Waals surface area contributed by atoms with Crippen LogP contribution in [-0.2, 0) is 14.8 Å². The molecule has 0 unspecified atom stereocenters. The first-order valence-corrected chi connectivity index (χ1v) is 9.80. The second kappa shape index (κ2) is 8.22. The topological polar surface area (TPSA) is 113 Å². The van der Waals surface area contributed by atoms with Gasteiger partial charge in [0, 0.05) is 23.2 Å². The molecule has 27 heavy (non-hydrogen) atoms. The average Bonchev–Trinajstić information content (AvgIpc) is 2.60. The molecule has 0 spiro atoms. The number of carbonyl (C=O) groups is 2. The summed E-state index contributed by atoms with van der Waals surface area (Å²) in [5.41, 5.74) is -0.184. The van der Waals surface area contributed by atoms with Crippen LogP contribution in [0, 0.1) is 0 Å². The normalized spacial score (nSPS) is 11.6. The number of sulfonamides is 1. The molecule has 0 heterocycles. The number of carboxylic acids is 1. The second-order valence-electron chi connectivity index (χ2n) is 6.73. The Balaban J connectivity index is 2.13. The highest BCUT2D eigenvalue weighted by molar-refractivity contribution is 7.92. The van der Waals surface area contributed by atoms with Crippen molar-refractivity contribution in [3.8, 4) is 0 Å². The molecule has 8 heteroatoms. The van der Waals surface area contributed by atoms with Crippen LogP contribution < -0.4 is 10.0 Å². The molecule has 2 aromatic rings. The van der Waals surface area contributed by atoms with Gasteiger partial charge in [0.1, 0.15) is 0 Å². The van der Waals surface area contributed by atoms with Crippen LogP contribution in [0.2, 0.25) is 0 Å². The monoisotopic (exact) mass is 390 g/mol. The molecule has 0 bridgehead atoms. The van der Waals surface area contributed by atoms with E-state index in [9.17, 15) is 18.0 Å². The first-order valence-electron chi connectivity index (χ1n) is 8.31. The van der Waals surface area contributed by atoms with Gasteiger partial charge in [-0.2, -0.15) is 0 Å². The summed E-state index contributed by atoms with van der Waals surface area (Å²) in [5, 5.41) is 11.6. The van der Waals surface area contributed by atoms with Gasteiger partial charge in [-0.1, -0.05) is 24.3 Å². The molecule has 7 nitrogen and oxygen atoms in total. The molecule has 2 aromatic carbocycles. The summed E-state index contributed by atoms with van der Waals surface area (Å²) in [5.74, 6) is -1.35. The van der Waals surface area contributed by atoms with Crippen molar-refractivity contribution in [3.05, 3.63) is 60.2 Å². The minimum absolute atomic E-state index is 0.0653.